The van der Waals surface area contributed by atoms with Gasteiger partial charge < -0.3 is 4.57 Å². The highest BCUT2D eigenvalue weighted by molar-refractivity contribution is 5.81. The quantitative estimate of drug-likeness (QED) is 0.674. The molecule has 0 aliphatic heterocycles. The molecule has 0 spiro atoms. The van der Waals surface area contributed by atoms with Crippen molar-refractivity contribution in [3.63, 3.8) is 0 Å². The molecule has 0 unspecified atom stereocenters. The third kappa shape index (κ3) is 2.23. The summed E-state index contributed by atoms with van der Waals surface area (Å²) in [7, 11) is 0. The van der Waals surface area contributed by atoms with E-state index in [-0.39, 0.29) is 0 Å². The smallest absolute Gasteiger partial charge is 0.0991 e. The number of hydrogen-bond donors (Lipinski definition) is 0. The first-order chi connectivity index (χ1) is 9.26. The fourth-order valence-electron chi connectivity index (χ4n) is 2.41. The van der Waals surface area contributed by atoms with Crippen LogP contribution < -0.4 is 0 Å². The average molecular weight is 246 g/mol. The molecule has 0 aliphatic rings. The molecule has 3 rings (SSSR count). The maximum Gasteiger partial charge on any atom is 0.0991 e. The molecule has 1 heterocycles. The fraction of sp³-hybridized carbons (Fsp3) is 0.118. The summed E-state index contributed by atoms with van der Waals surface area (Å²) in [5.74, 6) is 0. The molecule has 2 aromatic carbocycles. The molecule has 92 valence electrons. The van der Waals surface area contributed by atoms with Crippen molar-refractivity contribution in [3.8, 4) is 6.07 Å². The summed E-state index contributed by atoms with van der Waals surface area (Å²) in [6.07, 6.45) is 2.08. The summed E-state index contributed by atoms with van der Waals surface area (Å²) in [5.41, 5.74) is 4.45. The first kappa shape index (κ1) is 11.6. The highest BCUT2D eigenvalue weighted by Gasteiger charge is 2.03. The van der Waals surface area contributed by atoms with E-state index >= 15 is 0 Å². The standard InChI is InChI=1S/C17H14N2/c1-13-3-2-4-15(9-13)12-19-8-7-16-10-14(11-18)5-6-17(16)19/h2-10H,12H2,1H3. The first-order valence-electron chi connectivity index (χ1n) is 6.31. The molecule has 2 nitrogen and oxygen atoms in total. The third-order valence-corrected chi connectivity index (χ3v) is 3.34. The van der Waals surface area contributed by atoms with E-state index in [4.69, 9.17) is 5.26 Å². The largest absolute Gasteiger partial charge is 0.343 e. The molecule has 0 saturated heterocycles. The molecule has 0 radical (unpaired) electrons. The lowest BCUT2D eigenvalue weighted by Gasteiger charge is -2.06. The summed E-state index contributed by atoms with van der Waals surface area (Å²) in [6.45, 7) is 2.97. The summed E-state index contributed by atoms with van der Waals surface area (Å²) in [5, 5.41) is 10.0. The summed E-state index contributed by atoms with van der Waals surface area (Å²) in [4.78, 5) is 0. The van der Waals surface area contributed by atoms with Gasteiger partial charge in [-0.2, -0.15) is 5.26 Å². The molecule has 0 amide bonds. The molecule has 3 aromatic rings. The van der Waals surface area contributed by atoms with Gasteiger partial charge in [0.15, 0.2) is 0 Å². The molecule has 0 N–H and O–H groups in total. The Morgan fingerprint density at radius 1 is 1.11 bits per heavy atom. The van der Waals surface area contributed by atoms with Crippen LogP contribution >= 0.6 is 0 Å². The maximum atomic E-state index is 8.91. The van der Waals surface area contributed by atoms with E-state index in [0.29, 0.717) is 5.56 Å². The van der Waals surface area contributed by atoms with Crippen LogP contribution in [0.2, 0.25) is 0 Å². The zero-order valence-corrected chi connectivity index (χ0v) is 10.8. The number of hydrogen-bond acceptors (Lipinski definition) is 1. The highest BCUT2D eigenvalue weighted by atomic mass is 14.9. The Morgan fingerprint density at radius 3 is 2.79 bits per heavy atom. The number of aromatic nitrogens is 1. The lowest BCUT2D eigenvalue weighted by molar-refractivity contribution is 0.836. The Balaban J connectivity index is 2.00. The second-order valence-corrected chi connectivity index (χ2v) is 4.82. The van der Waals surface area contributed by atoms with Gasteiger partial charge in [-0.25, -0.2) is 0 Å². The zero-order valence-electron chi connectivity index (χ0n) is 10.8. The lowest BCUT2D eigenvalue weighted by Crippen LogP contribution is -1.97. The number of benzene rings is 2. The van der Waals surface area contributed by atoms with Crippen LogP contribution in [0.4, 0.5) is 0 Å². The predicted octanol–water partition coefficient (Wildman–Crippen LogP) is 3.87. The number of nitrogens with zero attached hydrogens (tertiary/aromatic N) is 2. The fourth-order valence-corrected chi connectivity index (χ4v) is 2.41. The van der Waals surface area contributed by atoms with E-state index < -0.39 is 0 Å². The topological polar surface area (TPSA) is 28.7 Å². The van der Waals surface area contributed by atoms with Crippen LogP contribution in [-0.2, 0) is 6.54 Å². The highest BCUT2D eigenvalue weighted by Crippen LogP contribution is 2.19. The molecular weight excluding hydrogens is 232 g/mol. The van der Waals surface area contributed by atoms with Crippen LogP contribution in [0.5, 0.6) is 0 Å². The van der Waals surface area contributed by atoms with Crippen LogP contribution in [0.25, 0.3) is 10.9 Å². The van der Waals surface area contributed by atoms with Crippen molar-refractivity contribution >= 4 is 10.9 Å². The zero-order chi connectivity index (χ0) is 13.2. The Kier molecular flexibility index (Phi) is 2.81. The van der Waals surface area contributed by atoms with Crippen molar-refractivity contribution in [1.82, 2.24) is 4.57 Å². The Bertz CT molecular complexity index is 775. The number of rotatable bonds is 2. The van der Waals surface area contributed by atoms with E-state index in [1.165, 1.54) is 16.6 Å². The van der Waals surface area contributed by atoms with Gasteiger partial charge >= 0.3 is 0 Å². The Labute approximate surface area is 112 Å². The SMILES string of the molecule is Cc1cccc(Cn2ccc3cc(C#N)ccc32)c1. The van der Waals surface area contributed by atoms with Crippen LogP contribution in [0.15, 0.2) is 54.7 Å². The number of fused-ring (bicyclic) bond motifs is 1. The number of aryl methyl sites for hydroxylation is 1. The second-order valence-electron chi connectivity index (χ2n) is 4.82. The molecule has 2 heteroatoms. The average Bonchev–Trinajstić information content (AvgIpc) is 2.81. The van der Waals surface area contributed by atoms with Crippen LogP contribution in [-0.4, -0.2) is 4.57 Å². The molecule has 0 fully saturated rings. The van der Waals surface area contributed by atoms with Gasteiger partial charge in [-0.05, 0) is 36.8 Å². The normalized spacial score (nSPS) is 10.5. The van der Waals surface area contributed by atoms with Gasteiger partial charge in [-0.15, -0.1) is 0 Å². The van der Waals surface area contributed by atoms with Crippen molar-refractivity contribution in [2.24, 2.45) is 0 Å². The van der Waals surface area contributed by atoms with Gasteiger partial charge in [0.1, 0.15) is 0 Å². The molecule has 0 atom stereocenters. The van der Waals surface area contributed by atoms with Gasteiger partial charge in [-0.3, -0.25) is 0 Å². The van der Waals surface area contributed by atoms with Gasteiger partial charge in [0.05, 0.1) is 11.6 Å². The van der Waals surface area contributed by atoms with Crippen LogP contribution in [0.1, 0.15) is 16.7 Å². The summed E-state index contributed by atoms with van der Waals surface area (Å²) in [6, 6.07) is 18.6. The minimum atomic E-state index is 0.709. The van der Waals surface area contributed by atoms with Crippen molar-refractivity contribution in [2.75, 3.05) is 0 Å². The van der Waals surface area contributed by atoms with Crippen LogP contribution in [0, 0.1) is 18.3 Å². The van der Waals surface area contributed by atoms with E-state index in [0.717, 1.165) is 11.9 Å². The van der Waals surface area contributed by atoms with Crippen molar-refractivity contribution in [3.05, 3.63) is 71.4 Å². The summed E-state index contributed by atoms with van der Waals surface area (Å²) >= 11 is 0. The van der Waals surface area contributed by atoms with E-state index in [2.05, 4.69) is 54.1 Å². The van der Waals surface area contributed by atoms with Gasteiger partial charge in [0.25, 0.3) is 0 Å². The molecule has 0 aliphatic carbocycles. The van der Waals surface area contributed by atoms with Gasteiger partial charge in [0.2, 0.25) is 0 Å². The van der Waals surface area contributed by atoms with Gasteiger partial charge in [0, 0.05) is 23.6 Å². The predicted molar refractivity (Wildman–Crippen MR) is 76.9 cm³/mol. The van der Waals surface area contributed by atoms with Crippen molar-refractivity contribution in [1.29, 1.82) is 5.26 Å². The van der Waals surface area contributed by atoms with E-state index in [9.17, 15) is 0 Å². The third-order valence-electron chi connectivity index (χ3n) is 3.34. The molecular formula is C17H14N2. The molecule has 0 bridgehead atoms. The summed E-state index contributed by atoms with van der Waals surface area (Å²) < 4.78 is 2.21. The first-order valence-corrected chi connectivity index (χ1v) is 6.31. The van der Waals surface area contributed by atoms with Crippen molar-refractivity contribution in [2.45, 2.75) is 13.5 Å². The van der Waals surface area contributed by atoms with Crippen molar-refractivity contribution < 1.29 is 0 Å². The molecule has 19 heavy (non-hydrogen) atoms. The maximum absolute atomic E-state index is 8.91. The Hall–Kier alpha value is -2.53. The van der Waals surface area contributed by atoms with Gasteiger partial charge in [-0.1, -0.05) is 29.8 Å². The number of nitriles is 1. The monoisotopic (exact) mass is 246 g/mol. The van der Waals surface area contributed by atoms with E-state index in [1.54, 1.807) is 0 Å². The van der Waals surface area contributed by atoms with E-state index in [1.807, 2.05) is 18.2 Å². The minimum Gasteiger partial charge on any atom is -0.343 e. The molecule has 1 aromatic heterocycles. The Morgan fingerprint density at radius 2 is 2.00 bits per heavy atom. The molecule has 0 saturated carbocycles. The lowest BCUT2D eigenvalue weighted by atomic mass is 10.1. The minimum absolute atomic E-state index is 0.709. The second kappa shape index (κ2) is 4.62. The van der Waals surface area contributed by atoms with Crippen LogP contribution in [0.3, 0.4) is 0 Å².